The number of guanidine groups is 1. The zero-order valence-electron chi connectivity index (χ0n) is 27.1. The van der Waals surface area contributed by atoms with Crippen molar-refractivity contribution in [2.45, 2.75) is 76.4 Å². The lowest BCUT2D eigenvalue weighted by molar-refractivity contribution is -0.132. The summed E-state index contributed by atoms with van der Waals surface area (Å²) >= 11 is 0.752. The normalized spacial score (nSPS) is 15.5. The molecule has 2 rings (SSSR count). The molecule has 1 aromatic carbocycles. The van der Waals surface area contributed by atoms with Crippen LogP contribution in [0, 0.1) is 0 Å². The van der Waals surface area contributed by atoms with Gasteiger partial charge >= 0.3 is 0 Å². The van der Waals surface area contributed by atoms with E-state index in [1.165, 1.54) is 18.2 Å². The van der Waals surface area contributed by atoms with Crippen LogP contribution in [0.2, 0.25) is 0 Å². The van der Waals surface area contributed by atoms with E-state index in [-0.39, 0.29) is 49.0 Å². The molecule has 1 aromatic rings. The van der Waals surface area contributed by atoms with E-state index in [0.717, 1.165) is 23.1 Å². The molecule has 17 heteroatoms. The quantitative estimate of drug-likeness (QED) is 0.0357. The molecule has 0 radical (unpaired) electrons. The smallest absolute Gasteiger partial charge is 0.293 e. The first-order chi connectivity index (χ1) is 22.9. The van der Waals surface area contributed by atoms with Gasteiger partial charge in [-0.25, -0.2) is 0 Å². The summed E-state index contributed by atoms with van der Waals surface area (Å²) in [6.45, 7) is 2.07. The highest BCUT2D eigenvalue weighted by molar-refractivity contribution is 8.18. The molecule has 264 valence electrons. The molecule has 1 heterocycles. The van der Waals surface area contributed by atoms with Gasteiger partial charge in [0, 0.05) is 12.1 Å². The fourth-order valence-corrected chi connectivity index (χ4v) is 5.55. The number of β-amino-alcohol motifs (C(OH)–C–C–N with tert-alkyl or cyclic N) is 1. The third kappa shape index (κ3) is 13.0. The van der Waals surface area contributed by atoms with Crippen molar-refractivity contribution >= 4 is 58.6 Å². The Labute approximate surface area is 283 Å². The predicted molar refractivity (Wildman–Crippen MR) is 183 cm³/mol. The van der Waals surface area contributed by atoms with E-state index < -0.39 is 52.9 Å². The van der Waals surface area contributed by atoms with Crippen molar-refractivity contribution in [3.8, 4) is 0 Å². The minimum atomic E-state index is -1.08. The summed E-state index contributed by atoms with van der Waals surface area (Å²) in [6.07, 6.45) is 5.14. The van der Waals surface area contributed by atoms with E-state index >= 15 is 0 Å². The molecule has 0 spiro atoms. The average molecular weight is 690 g/mol. The number of hydrogen-bond acceptors (Lipinski definition) is 10. The van der Waals surface area contributed by atoms with Crippen LogP contribution in [-0.4, -0.2) is 95.1 Å². The lowest BCUT2D eigenvalue weighted by Crippen LogP contribution is -2.56. The highest BCUT2D eigenvalue weighted by atomic mass is 32.2. The third-order valence-electron chi connectivity index (χ3n) is 7.32. The minimum Gasteiger partial charge on any atom is -0.395 e. The molecule has 48 heavy (non-hydrogen) atoms. The zero-order valence-corrected chi connectivity index (χ0v) is 27.9. The number of aliphatic hydroxyl groups excluding tert-OH is 1. The van der Waals surface area contributed by atoms with Gasteiger partial charge in [-0.2, -0.15) is 0 Å². The summed E-state index contributed by atoms with van der Waals surface area (Å²) in [5, 5.41) is 16.7. The van der Waals surface area contributed by atoms with Crippen LogP contribution < -0.4 is 38.9 Å². The molecule has 3 atom stereocenters. The number of primary amides is 1. The summed E-state index contributed by atoms with van der Waals surface area (Å²) in [5.74, 6) is -3.10. The number of aliphatic imine (C=N–C) groups is 1. The topological polar surface area (TPSA) is 278 Å². The Bertz CT molecular complexity index is 1350. The molecule has 1 fully saturated rings. The van der Waals surface area contributed by atoms with Crippen molar-refractivity contribution in [2.24, 2.45) is 27.9 Å². The second-order valence-corrected chi connectivity index (χ2v) is 12.1. The molecule has 1 saturated heterocycles. The number of nitrogens with one attached hydrogen (secondary N) is 3. The maximum atomic E-state index is 13.6. The van der Waals surface area contributed by atoms with Gasteiger partial charge in [0.2, 0.25) is 17.7 Å². The van der Waals surface area contributed by atoms with Crippen molar-refractivity contribution in [3.63, 3.8) is 0 Å². The van der Waals surface area contributed by atoms with Crippen LogP contribution in [0.15, 0.2) is 34.2 Å². The van der Waals surface area contributed by atoms with Crippen molar-refractivity contribution in [1.29, 1.82) is 0 Å². The number of nitrogens with zero attached hydrogens (tertiary/aromatic N) is 2. The molecule has 0 bridgehead atoms. The first-order valence-electron chi connectivity index (χ1n) is 15.8. The minimum absolute atomic E-state index is 0.103. The van der Waals surface area contributed by atoms with Gasteiger partial charge in [-0.1, -0.05) is 31.9 Å². The predicted octanol–water partition coefficient (Wildman–Crippen LogP) is -0.359. The van der Waals surface area contributed by atoms with E-state index in [2.05, 4.69) is 20.9 Å². The molecule has 0 unspecified atom stereocenters. The maximum absolute atomic E-state index is 13.6. The molecule has 16 nitrogen and oxygen atoms in total. The van der Waals surface area contributed by atoms with Gasteiger partial charge in [0.15, 0.2) is 5.96 Å². The first-order valence-corrected chi connectivity index (χ1v) is 16.7. The largest absolute Gasteiger partial charge is 0.395 e. The van der Waals surface area contributed by atoms with Crippen molar-refractivity contribution in [2.75, 3.05) is 26.2 Å². The molecule has 0 saturated carbocycles. The second-order valence-electron chi connectivity index (χ2n) is 11.1. The summed E-state index contributed by atoms with van der Waals surface area (Å²) in [5.41, 5.74) is 22.7. The molecular formula is C31H47N9O7S. The lowest BCUT2D eigenvalue weighted by Gasteiger charge is -2.25. The van der Waals surface area contributed by atoms with Crippen LogP contribution in [0.4, 0.5) is 4.79 Å². The van der Waals surface area contributed by atoms with E-state index in [9.17, 15) is 28.8 Å². The fraction of sp³-hybridized carbons (Fsp3) is 0.516. The van der Waals surface area contributed by atoms with Gasteiger partial charge in [0.05, 0.1) is 18.1 Å². The van der Waals surface area contributed by atoms with Gasteiger partial charge in [-0.3, -0.25) is 38.7 Å². The molecule has 0 aliphatic carbocycles. The molecule has 1 aliphatic heterocycles. The summed E-state index contributed by atoms with van der Waals surface area (Å²) < 4.78 is 0. The number of hydrogen-bond donors (Lipinski definition) is 8. The van der Waals surface area contributed by atoms with Crippen LogP contribution in [-0.2, 0) is 19.2 Å². The van der Waals surface area contributed by atoms with Crippen molar-refractivity contribution < 1.29 is 33.9 Å². The highest BCUT2D eigenvalue weighted by Crippen LogP contribution is 2.31. The van der Waals surface area contributed by atoms with Crippen LogP contribution in [0.5, 0.6) is 0 Å². The number of thioether (sulfide) groups is 1. The van der Waals surface area contributed by atoms with E-state index in [1.807, 2.05) is 6.92 Å². The first kappa shape index (κ1) is 39.7. The fourth-order valence-electron chi connectivity index (χ4n) is 4.69. The molecule has 12 N–H and O–H groups in total. The van der Waals surface area contributed by atoms with Crippen LogP contribution in [0.1, 0.15) is 74.2 Å². The standard InChI is InChI=1S/C31H47N9O7S/c1-2-3-7-21(25(33)42)37-27(44)22(8-4-5-14-32)39-28(45)23(9-6-15-36-30(34)35)38-26(43)20-12-10-19(11-13-20)18-24-29(46)40(16-17-41)31(47)48-24/h10-13,18,21-23,41H,2-9,14-17,32H2,1H3,(H2,33,42)(H,37,44)(H,38,43)(H,39,45)(H4,34,35,36)/b24-18-/t21-,22-,23-/m0/s1. The van der Waals surface area contributed by atoms with Gasteiger partial charge < -0.3 is 44.0 Å². The van der Waals surface area contributed by atoms with Gasteiger partial charge in [0.25, 0.3) is 17.1 Å². The summed E-state index contributed by atoms with van der Waals surface area (Å²) in [7, 11) is 0. The molecule has 0 aromatic heterocycles. The Morgan fingerprint density at radius 2 is 1.50 bits per heavy atom. The van der Waals surface area contributed by atoms with Crippen LogP contribution in [0.3, 0.4) is 0 Å². The van der Waals surface area contributed by atoms with Gasteiger partial charge in [-0.15, -0.1) is 0 Å². The molecule has 1 aliphatic rings. The number of carbonyl (C=O) groups is 6. The van der Waals surface area contributed by atoms with Crippen molar-refractivity contribution in [3.05, 3.63) is 40.3 Å². The Morgan fingerprint density at radius 1 is 0.896 bits per heavy atom. The number of carbonyl (C=O) groups excluding carboxylic acids is 6. The number of unbranched alkanes of at least 4 members (excludes halogenated alkanes) is 2. The van der Waals surface area contributed by atoms with Crippen LogP contribution in [0.25, 0.3) is 6.08 Å². The Morgan fingerprint density at radius 3 is 2.08 bits per heavy atom. The van der Waals surface area contributed by atoms with Crippen LogP contribution >= 0.6 is 11.8 Å². The average Bonchev–Trinajstić information content (AvgIpc) is 3.31. The summed E-state index contributed by atoms with van der Waals surface area (Å²) in [6, 6.07) is 3.15. The lowest BCUT2D eigenvalue weighted by atomic mass is 10.0. The van der Waals surface area contributed by atoms with E-state index in [0.29, 0.717) is 44.2 Å². The summed E-state index contributed by atoms with van der Waals surface area (Å²) in [4.78, 5) is 81.6. The number of nitrogens with two attached hydrogens (primary N) is 4. The van der Waals surface area contributed by atoms with E-state index in [4.69, 9.17) is 28.0 Å². The van der Waals surface area contributed by atoms with E-state index in [1.54, 1.807) is 12.1 Å². The second kappa shape index (κ2) is 20.7. The number of rotatable bonds is 21. The molecular weight excluding hydrogens is 642 g/mol. The number of amides is 6. The van der Waals surface area contributed by atoms with Gasteiger partial charge in [0.1, 0.15) is 18.1 Å². The maximum Gasteiger partial charge on any atom is 0.293 e. The Balaban J connectivity index is 2.22. The van der Waals surface area contributed by atoms with Gasteiger partial charge in [-0.05, 0) is 80.6 Å². The monoisotopic (exact) mass is 689 g/mol. The number of aliphatic hydroxyl groups is 1. The number of benzene rings is 1. The molecule has 6 amide bonds. The van der Waals surface area contributed by atoms with Crippen molar-refractivity contribution in [1.82, 2.24) is 20.9 Å². The highest BCUT2D eigenvalue weighted by Gasteiger charge is 2.34. The Hall–Kier alpha value is -4.48. The Kier molecular flexibility index (Phi) is 17.1. The third-order valence-corrected chi connectivity index (χ3v) is 8.23. The zero-order chi connectivity index (χ0) is 35.6. The SMILES string of the molecule is CCCC[C@H](NC(=O)[C@H](CCCCN)NC(=O)[C@H](CCCN=C(N)N)NC(=O)c1ccc(/C=C2\SC(=O)N(CCO)C2=O)cc1)C(N)=O. The number of imide groups is 1.